The molecule has 0 atom stereocenters. The van der Waals surface area contributed by atoms with E-state index in [4.69, 9.17) is 0 Å². The van der Waals surface area contributed by atoms with Gasteiger partial charge in [-0.3, -0.25) is 0 Å². The van der Waals surface area contributed by atoms with Crippen LogP contribution in [0.1, 0.15) is 233 Å². The lowest BCUT2D eigenvalue weighted by Crippen LogP contribution is -2.49. The highest BCUT2D eigenvalue weighted by molar-refractivity contribution is 6.93. The number of fused-ring (bicyclic) bond motifs is 3. The second-order valence-electron chi connectivity index (χ2n) is 35.6. The summed E-state index contributed by atoms with van der Waals surface area (Å²) in [6.45, 7) is 46.0. The molecule has 0 unspecified atom stereocenters. The van der Waals surface area contributed by atoms with Crippen LogP contribution in [0.3, 0.4) is 0 Å². The van der Waals surface area contributed by atoms with Gasteiger partial charge in [0.2, 0.25) is 17.1 Å². The minimum absolute atomic E-state index is 0.339. The highest BCUT2D eigenvalue weighted by Gasteiger charge is 2.40. The average molecular weight is 1330 g/mol. The number of aromatic nitrogens is 3. The Hall–Kier alpha value is -5.80. The van der Waals surface area contributed by atoms with Crippen LogP contribution in [0.5, 0.6) is 0 Å². The molecule has 508 valence electrons. The molecule has 4 fully saturated rings. The lowest BCUT2D eigenvalue weighted by atomic mass is 9.84. The van der Waals surface area contributed by atoms with Crippen molar-refractivity contribution >= 4 is 72.1 Å². The van der Waals surface area contributed by atoms with E-state index in [0.29, 0.717) is 15.1 Å². The SMILES string of the molecule is Cc1c(-c2c3ccc([Si](C)(C)C(C)(C)C)cc3cc[n+]2C)cc(C2CCCC2)cc1C1CCCC1.Cc1cc(C2CCCC2)cc(-c2c3ccc([Si](C)(C)C(C)(C)C)cc3cc[n+]2C)c1C.Cc1ccc(C2CCCC2)cc1-c1c2ccc([Si](C)(C)C(C)(C)C)cc2cc[n+]1C. The van der Waals surface area contributed by atoms with E-state index in [1.165, 1.54) is 197 Å². The first kappa shape index (κ1) is 71.5. The minimum atomic E-state index is -1.58. The zero-order valence-electron chi connectivity index (χ0n) is 64.2. The number of hydrogen-bond acceptors (Lipinski definition) is 0. The summed E-state index contributed by atoms with van der Waals surface area (Å²) in [5.74, 6) is 2.99. The molecule has 3 aromatic heterocycles. The third kappa shape index (κ3) is 14.1. The summed E-state index contributed by atoms with van der Waals surface area (Å²) in [4.78, 5) is 0. The number of aryl methyl sites for hydroxylation is 5. The average Bonchev–Trinajstić information content (AvgIpc) is 0.810. The number of benzene rings is 6. The Kier molecular flexibility index (Phi) is 20.6. The molecular weight excluding hydrogens is 1210 g/mol. The van der Waals surface area contributed by atoms with E-state index < -0.39 is 24.2 Å². The number of hydrogen-bond donors (Lipinski definition) is 0. The molecule has 3 heterocycles. The highest BCUT2D eigenvalue weighted by atomic mass is 28.3. The van der Waals surface area contributed by atoms with Crippen molar-refractivity contribution in [1.29, 1.82) is 0 Å². The molecule has 13 rings (SSSR count). The summed E-state index contributed by atoms with van der Waals surface area (Å²) >= 11 is 0. The molecule has 96 heavy (non-hydrogen) atoms. The summed E-state index contributed by atoms with van der Waals surface area (Å²) in [6.07, 6.45) is 28.7. The molecule has 4 aliphatic carbocycles. The van der Waals surface area contributed by atoms with Crippen molar-refractivity contribution in [3.8, 4) is 33.8 Å². The lowest BCUT2D eigenvalue weighted by molar-refractivity contribution is -0.659. The monoisotopic (exact) mass is 1330 g/mol. The van der Waals surface area contributed by atoms with Crippen molar-refractivity contribution in [1.82, 2.24) is 0 Å². The molecule has 3 nitrogen and oxygen atoms in total. The first-order valence-corrected chi connectivity index (χ1v) is 46.8. The van der Waals surface area contributed by atoms with Crippen LogP contribution >= 0.6 is 0 Å². The van der Waals surface area contributed by atoms with Gasteiger partial charge in [0, 0.05) is 23.8 Å². The van der Waals surface area contributed by atoms with Gasteiger partial charge in [-0.15, -0.1) is 0 Å². The second-order valence-corrected chi connectivity index (χ2v) is 51.6. The molecule has 4 saturated carbocycles. The van der Waals surface area contributed by atoms with Crippen molar-refractivity contribution in [2.45, 2.75) is 271 Å². The predicted octanol–water partition coefficient (Wildman–Crippen LogP) is 23.0. The van der Waals surface area contributed by atoms with Crippen molar-refractivity contribution in [2.75, 3.05) is 0 Å². The molecular formula is C90H124N3Si3+3. The summed E-state index contributed by atoms with van der Waals surface area (Å²) in [5, 5.41) is 14.0. The Bertz CT molecular complexity index is 4320. The summed E-state index contributed by atoms with van der Waals surface area (Å²) in [7, 11) is 1.94. The fraction of sp³-hybridized carbons (Fsp3) is 0.500. The quantitative estimate of drug-likeness (QED) is 0.0955. The summed E-state index contributed by atoms with van der Waals surface area (Å²) < 4.78 is 7.02. The normalized spacial score (nSPS) is 16.6. The predicted molar refractivity (Wildman–Crippen MR) is 426 cm³/mol. The molecule has 0 amide bonds. The number of rotatable bonds is 10. The van der Waals surface area contributed by atoms with Crippen molar-refractivity contribution in [3.05, 3.63) is 178 Å². The van der Waals surface area contributed by atoms with Crippen LogP contribution < -0.4 is 29.3 Å². The fourth-order valence-electron chi connectivity index (χ4n) is 16.8. The highest BCUT2D eigenvalue weighted by Crippen LogP contribution is 2.46. The van der Waals surface area contributed by atoms with E-state index >= 15 is 0 Å². The van der Waals surface area contributed by atoms with Crippen molar-refractivity contribution in [2.24, 2.45) is 21.1 Å². The Morgan fingerprint density at radius 2 is 0.625 bits per heavy atom. The molecule has 6 aromatic carbocycles. The zero-order valence-corrected chi connectivity index (χ0v) is 67.2. The maximum Gasteiger partial charge on any atom is 0.220 e. The first-order valence-electron chi connectivity index (χ1n) is 37.8. The van der Waals surface area contributed by atoms with Crippen molar-refractivity contribution < 1.29 is 13.7 Å². The smallest absolute Gasteiger partial charge is 0.200 e. The van der Waals surface area contributed by atoms with Crippen LogP contribution in [0.15, 0.2) is 134 Å². The maximum absolute atomic E-state index is 2.63. The van der Waals surface area contributed by atoms with Crippen LogP contribution in [0, 0.1) is 27.7 Å². The molecule has 6 heteroatoms. The van der Waals surface area contributed by atoms with Gasteiger partial charge in [-0.25, -0.2) is 13.7 Å². The van der Waals surface area contributed by atoms with Crippen LogP contribution in [-0.4, -0.2) is 24.2 Å². The van der Waals surface area contributed by atoms with Gasteiger partial charge in [-0.05, 0) is 215 Å². The van der Waals surface area contributed by atoms with E-state index in [2.05, 4.69) is 298 Å². The van der Waals surface area contributed by atoms with Crippen LogP contribution in [0.25, 0.3) is 66.1 Å². The van der Waals surface area contributed by atoms with Gasteiger partial charge < -0.3 is 0 Å². The van der Waals surface area contributed by atoms with Gasteiger partial charge in [0.15, 0.2) is 18.6 Å². The molecule has 4 aliphatic rings. The molecule has 9 aromatic rings. The Balaban J connectivity index is 0.000000147. The van der Waals surface area contributed by atoms with Crippen LogP contribution in [-0.2, 0) is 21.1 Å². The number of nitrogens with zero attached hydrogens (tertiary/aromatic N) is 3. The van der Waals surface area contributed by atoms with E-state index in [-0.39, 0.29) is 0 Å². The topological polar surface area (TPSA) is 11.6 Å². The second kappa shape index (κ2) is 27.7. The fourth-order valence-corrected chi connectivity index (χ4v) is 22.4. The van der Waals surface area contributed by atoms with Gasteiger partial charge in [-0.2, -0.15) is 0 Å². The maximum atomic E-state index is 2.63. The van der Waals surface area contributed by atoms with E-state index in [9.17, 15) is 0 Å². The van der Waals surface area contributed by atoms with Crippen molar-refractivity contribution in [3.63, 3.8) is 0 Å². The molecule has 0 radical (unpaired) electrons. The van der Waals surface area contributed by atoms with Gasteiger partial charge in [-0.1, -0.05) is 229 Å². The molecule has 0 aliphatic heterocycles. The van der Waals surface area contributed by atoms with E-state index in [1.807, 2.05) is 0 Å². The Morgan fingerprint density at radius 3 is 0.990 bits per heavy atom. The van der Waals surface area contributed by atoms with Gasteiger partial charge in [0.25, 0.3) is 0 Å². The summed E-state index contributed by atoms with van der Waals surface area (Å²) in [5.41, 5.74) is 20.5. The van der Waals surface area contributed by atoms with E-state index in [0.717, 1.165) is 23.7 Å². The Morgan fingerprint density at radius 1 is 0.312 bits per heavy atom. The lowest BCUT2D eigenvalue weighted by Gasteiger charge is -2.37. The molecule has 0 saturated heterocycles. The molecule has 0 N–H and O–H groups in total. The van der Waals surface area contributed by atoms with Gasteiger partial charge in [0.05, 0.1) is 51.5 Å². The third-order valence-electron chi connectivity index (χ3n) is 26.7. The number of pyridine rings is 3. The van der Waals surface area contributed by atoms with Gasteiger partial charge >= 0.3 is 0 Å². The molecule has 0 spiro atoms. The summed E-state index contributed by atoms with van der Waals surface area (Å²) in [6, 6.07) is 46.3. The first-order chi connectivity index (χ1) is 45.2. The standard InChI is InChI=1S/C33H46NSi.C29H40NSi.C28H38NSi/c1-23-30(25-14-10-11-15-25)21-27(24-12-8-9-13-24)22-31(23)32-29-17-16-28(35(6,7)33(2,3)4)20-26(29)18-19-34(32)5;1-20-17-24(22-11-9-10-12-22)19-27(21(20)2)28-26-14-13-25(31(7,8)29(3,4)5)18-23(26)15-16-30(28)6;1-20-12-13-22(21-10-8-9-11-21)19-26(20)27-25-15-14-24(30(6,7)28(2,3)4)18-23(25)16-17-29(27)5/h16-22,24-25H,8-15H2,1-7H3;13-19,22H,9-12H2,1-8H3;12-19,21H,8-11H2,1-7H3/q3*+1. The van der Waals surface area contributed by atoms with Gasteiger partial charge in [0.1, 0.15) is 21.1 Å². The molecule has 0 bridgehead atoms. The van der Waals surface area contributed by atoms with Crippen LogP contribution in [0.2, 0.25) is 54.4 Å². The minimum Gasteiger partial charge on any atom is -0.200 e. The zero-order chi connectivity index (χ0) is 69.2. The van der Waals surface area contributed by atoms with Crippen LogP contribution in [0.4, 0.5) is 0 Å². The largest absolute Gasteiger partial charge is 0.220 e. The Labute approximate surface area is 586 Å². The third-order valence-corrected chi connectivity index (χ3v) is 43.2. The van der Waals surface area contributed by atoms with E-state index in [1.54, 1.807) is 32.3 Å².